The van der Waals surface area contributed by atoms with E-state index >= 15 is 0 Å². The van der Waals surface area contributed by atoms with Gasteiger partial charge in [0.25, 0.3) is 5.91 Å². The van der Waals surface area contributed by atoms with E-state index in [4.69, 9.17) is 9.47 Å². The van der Waals surface area contributed by atoms with Crippen molar-refractivity contribution in [3.05, 3.63) is 73.3 Å². The number of morpholine rings is 1. The van der Waals surface area contributed by atoms with E-state index in [9.17, 15) is 19.5 Å². The molecule has 2 aromatic heterocycles. The van der Waals surface area contributed by atoms with E-state index in [1.54, 1.807) is 34.1 Å². The molecule has 15 heteroatoms. The van der Waals surface area contributed by atoms with Crippen molar-refractivity contribution in [2.24, 2.45) is 0 Å². The van der Waals surface area contributed by atoms with Gasteiger partial charge in [-0.05, 0) is 55.1 Å². The van der Waals surface area contributed by atoms with Gasteiger partial charge in [0.15, 0.2) is 0 Å². The van der Waals surface area contributed by atoms with Gasteiger partial charge in [-0.25, -0.2) is 4.98 Å². The largest absolute Gasteiger partial charge is 0.506 e. The van der Waals surface area contributed by atoms with Gasteiger partial charge in [0, 0.05) is 68.3 Å². The monoisotopic (exact) mass is 796 g/mol. The van der Waals surface area contributed by atoms with Crippen molar-refractivity contribution in [2.75, 3.05) is 78.4 Å². The third kappa shape index (κ3) is 10.7. The molecule has 4 aromatic rings. The molecule has 0 bridgehead atoms. The molecule has 0 atom stereocenters. The zero-order chi connectivity index (χ0) is 38.1. The van der Waals surface area contributed by atoms with Gasteiger partial charge < -0.3 is 34.7 Å². The predicted octanol–water partition coefficient (Wildman–Crippen LogP) is 5.17. The number of likely N-dealkylation sites (N-methyl/N-ethyl adjacent to an activating group) is 1. The number of fused-ring (bicyclic) bond motifs is 1. The highest BCUT2D eigenvalue weighted by Crippen LogP contribution is 2.32. The molecule has 2 fully saturated rings. The molecule has 2 saturated heterocycles. The number of nitrogens with one attached hydrogen (secondary N) is 2. The summed E-state index contributed by atoms with van der Waals surface area (Å²) in [5, 5.41) is 16.2. The second-order valence-corrected chi connectivity index (χ2v) is 17.4. The lowest BCUT2D eigenvalue weighted by atomic mass is 9.89. The molecule has 2 amide bonds. The normalized spacial score (nSPS) is 16.1. The number of ether oxygens (including phenoxy) is 2. The number of carbonyl (C=O) groups is 2. The molecule has 6 rings (SSSR count). The molecule has 0 aliphatic carbocycles. The summed E-state index contributed by atoms with van der Waals surface area (Å²) in [4.78, 5) is 52.0. The Bertz CT molecular complexity index is 1920. The molecule has 0 saturated carbocycles. The topological polar surface area (TPSA) is 140 Å². The van der Waals surface area contributed by atoms with Crippen molar-refractivity contribution in [3.63, 3.8) is 0 Å². The molecule has 0 unspecified atom stereocenters. The van der Waals surface area contributed by atoms with Crippen LogP contribution in [0.3, 0.4) is 0 Å². The minimum absolute atomic E-state index is 0.0192. The fraction of sp³-hybridized carbons (Fsp3) is 0.538. The van der Waals surface area contributed by atoms with E-state index in [0.29, 0.717) is 82.5 Å². The summed E-state index contributed by atoms with van der Waals surface area (Å²) in [5.41, 5.74) is 3.05. The number of thiazole rings is 2. The van der Waals surface area contributed by atoms with E-state index in [1.807, 2.05) is 23.4 Å². The number of hydrogen-bond acceptors (Lipinski definition) is 12. The number of phenolic OH excluding ortho intramolecular Hbond substituents is 1. The molecule has 12 nitrogen and oxygen atoms in total. The Balaban J connectivity index is 0.828. The molecule has 0 radical (unpaired) electrons. The number of phenols is 1. The first-order valence-corrected chi connectivity index (χ1v) is 21.5. The minimum atomic E-state index is -0.282. The van der Waals surface area contributed by atoms with Crippen LogP contribution in [0.1, 0.15) is 65.7 Å². The lowest BCUT2D eigenvalue weighted by molar-refractivity contribution is -0.130. The fourth-order valence-electron chi connectivity index (χ4n) is 6.90. The highest BCUT2D eigenvalue weighted by molar-refractivity contribution is 7.99. The number of H-pyrrole nitrogens is 1. The summed E-state index contributed by atoms with van der Waals surface area (Å²) >= 11 is 4.43. The van der Waals surface area contributed by atoms with Crippen molar-refractivity contribution in [2.45, 2.75) is 62.5 Å². The molecule has 3 N–H and O–H groups in total. The van der Waals surface area contributed by atoms with E-state index in [-0.39, 0.29) is 28.0 Å². The van der Waals surface area contributed by atoms with Crippen LogP contribution in [0.25, 0.3) is 10.2 Å². The van der Waals surface area contributed by atoms with Gasteiger partial charge in [-0.3, -0.25) is 19.3 Å². The molecule has 54 heavy (non-hydrogen) atoms. The third-order valence-corrected chi connectivity index (χ3v) is 13.1. The Morgan fingerprint density at radius 2 is 2.00 bits per heavy atom. The number of aromatic amines is 1. The number of aromatic nitrogens is 2. The summed E-state index contributed by atoms with van der Waals surface area (Å²) in [6.45, 7) is 11.6. The summed E-state index contributed by atoms with van der Waals surface area (Å²) in [5.74, 6) is 1.28. The molecule has 4 heterocycles. The number of amides is 2. The smallest absolute Gasteiger partial charge is 0.305 e. The maximum atomic E-state index is 13.3. The average Bonchev–Trinajstić information content (AvgIpc) is 3.83. The Hall–Kier alpha value is -3.31. The molecule has 2 aromatic carbocycles. The fourth-order valence-corrected chi connectivity index (χ4v) is 9.46. The van der Waals surface area contributed by atoms with Crippen LogP contribution in [0, 0.1) is 0 Å². The van der Waals surface area contributed by atoms with Crippen molar-refractivity contribution in [1.29, 1.82) is 0 Å². The number of benzene rings is 2. The van der Waals surface area contributed by atoms with E-state index in [1.165, 1.54) is 10.5 Å². The number of rotatable bonds is 17. The summed E-state index contributed by atoms with van der Waals surface area (Å²) in [6, 6.07) is 12.1. The first-order chi connectivity index (χ1) is 26.1. The Labute approximate surface area is 329 Å². The number of nitrogens with zero attached hydrogens (tertiary/aromatic N) is 4. The SMILES string of the molecule is CC(C)c1nc(C(=O)N2CCOC3(CCN(Cc4cccc(SCCOCCC(=O)N(C)CCNCCc5ccc(O)c6[nH]c(=O)sc56)c4)CC3)C2)cs1. The number of thioether (sulfide) groups is 1. The van der Waals surface area contributed by atoms with Gasteiger partial charge >= 0.3 is 4.87 Å². The van der Waals surface area contributed by atoms with Gasteiger partial charge in [0.2, 0.25) is 5.91 Å². The number of hydrogen-bond donors (Lipinski definition) is 3. The van der Waals surface area contributed by atoms with Crippen molar-refractivity contribution in [1.82, 2.24) is 30.0 Å². The van der Waals surface area contributed by atoms with Gasteiger partial charge in [0.05, 0.1) is 48.1 Å². The standard InChI is InChI=1S/C39H52N6O6S3/c1-27(2)36-41-31(25-53-36)37(48)45-18-20-51-39(26-45)11-15-44(16-12-39)24-28-5-4-6-30(23-28)52-22-21-50-19-10-33(47)43(3)17-14-40-13-9-29-7-8-32(46)34-35(29)54-38(49)42-34/h4-8,23,25,27,40,46H,9-22,24,26H2,1-3H3,(H,42,49). The average molecular weight is 797 g/mol. The number of aromatic hydroxyl groups is 1. The van der Waals surface area contributed by atoms with Gasteiger partial charge in [-0.15, -0.1) is 23.1 Å². The van der Waals surface area contributed by atoms with Crippen LogP contribution >= 0.6 is 34.4 Å². The number of likely N-dealkylation sites (tertiary alicyclic amines) is 1. The first kappa shape index (κ1) is 40.4. The van der Waals surface area contributed by atoms with Crippen molar-refractivity contribution in [3.8, 4) is 5.75 Å². The predicted molar refractivity (Wildman–Crippen MR) is 216 cm³/mol. The van der Waals surface area contributed by atoms with E-state index < -0.39 is 0 Å². The van der Waals surface area contributed by atoms with Crippen LogP contribution in [0.15, 0.2) is 51.5 Å². The highest BCUT2D eigenvalue weighted by Gasteiger charge is 2.41. The summed E-state index contributed by atoms with van der Waals surface area (Å²) < 4.78 is 12.9. The maximum absolute atomic E-state index is 13.3. The highest BCUT2D eigenvalue weighted by atomic mass is 32.2. The van der Waals surface area contributed by atoms with Crippen LogP contribution in [-0.4, -0.2) is 126 Å². The van der Waals surface area contributed by atoms with Crippen LogP contribution in [0.2, 0.25) is 0 Å². The number of piperidine rings is 1. The zero-order valence-electron chi connectivity index (χ0n) is 31.4. The van der Waals surface area contributed by atoms with Crippen molar-refractivity contribution >= 4 is 56.5 Å². The number of carbonyl (C=O) groups excluding carboxylic acids is 2. The van der Waals surface area contributed by atoms with Gasteiger partial charge in [0.1, 0.15) is 17.0 Å². The molecule has 2 aliphatic heterocycles. The molecular weight excluding hydrogens is 745 g/mol. The Morgan fingerprint density at radius 1 is 1.17 bits per heavy atom. The minimum Gasteiger partial charge on any atom is -0.506 e. The van der Waals surface area contributed by atoms with Crippen LogP contribution < -0.4 is 10.2 Å². The lowest BCUT2D eigenvalue weighted by Crippen LogP contribution is -2.58. The Morgan fingerprint density at radius 3 is 2.80 bits per heavy atom. The van der Waals surface area contributed by atoms with Crippen LogP contribution in [-0.2, 0) is 27.2 Å². The van der Waals surface area contributed by atoms with Crippen molar-refractivity contribution < 1.29 is 24.2 Å². The quantitative estimate of drug-likeness (QED) is 0.0969. The molecule has 292 valence electrons. The van der Waals surface area contributed by atoms with E-state index in [0.717, 1.165) is 64.8 Å². The van der Waals surface area contributed by atoms with Gasteiger partial charge in [-0.2, -0.15) is 0 Å². The second-order valence-electron chi connectivity index (χ2n) is 14.4. The lowest BCUT2D eigenvalue weighted by Gasteiger charge is -2.47. The summed E-state index contributed by atoms with van der Waals surface area (Å²) in [7, 11) is 1.81. The van der Waals surface area contributed by atoms with Crippen LogP contribution in [0.5, 0.6) is 5.75 Å². The maximum Gasteiger partial charge on any atom is 0.305 e. The second kappa shape index (κ2) is 19.0. The Kier molecular flexibility index (Phi) is 14.2. The molecular formula is C39H52N6O6S3. The molecule has 2 aliphatic rings. The van der Waals surface area contributed by atoms with Gasteiger partial charge in [-0.1, -0.05) is 43.4 Å². The molecule has 1 spiro atoms. The van der Waals surface area contributed by atoms with E-state index in [2.05, 4.69) is 58.3 Å². The summed E-state index contributed by atoms with van der Waals surface area (Å²) in [6.07, 6.45) is 2.86. The first-order valence-electron chi connectivity index (χ1n) is 18.8. The third-order valence-electron chi connectivity index (χ3n) is 10.1. The zero-order valence-corrected chi connectivity index (χ0v) is 33.9. The van der Waals surface area contributed by atoms with Crippen LogP contribution in [0.4, 0.5) is 0 Å².